The maximum Gasteiger partial charge on any atom is 0.315 e. The van der Waals surface area contributed by atoms with E-state index in [9.17, 15) is 28.8 Å². The number of nitrogens with one attached hydrogen (secondary N) is 4. The minimum absolute atomic E-state index is 0.0188. The highest BCUT2D eigenvalue weighted by atomic mass is 16.2. The summed E-state index contributed by atoms with van der Waals surface area (Å²) in [5.74, 6) is -2.18. The van der Waals surface area contributed by atoms with E-state index in [1.165, 1.54) is 0 Å². The van der Waals surface area contributed by atoms with Crippen LogP contribution < -0.4 is 21.3 Å². The number of likely N-dealkylation sites (tertiary alicyclic amines) is 1. The number of hydrogen-bond donors (Lipinski definition) is 4. The molecule has 0 spiro atoms. The van der Waals surface area contributed by atoms with Crippen LogP contribution in [0, 0.1) is 28.6 Å². The lowest BCUT2D eigenvalue weighted by molar-refractivity contribution is -0.145. The average Bonchev–Trinajstić information content (AvgIpc) is 3.90. The van der Waals surface area contributed by atoms with Gasteiger partial charge in [0.25, 0.3) is 11.8 Å². The fraction of sp³-hybridized carbons (Fsp3) is 0.700. The maximum absolute atomic E-state index is 14.7. The van der Waals surface area contributed by atoms with Crippen LogP contribution in [-0.2, 0) is 25.7 Å². The molecule has 284 valence electrons. The van der Waals surface area contributed by atoms with Crippen molar-refractivity contribution in [2.75, 3.05) is 13.1 Å². The molecular formula is C40H58N6O6. The van der Waals surface area contributed by atoms with Gasteiger partial charge in [-0.1, -0.05) is 85.4 Å². The zero-order valence-corrected chi connectivity index (χ0v) is 31.8. The van der Waals surface area contributed by atoms with Crippen molar-refractivity contribution in [1.29, 1.82) is 0 Å². The fourth-order valence-electron chi connectivity index (χ4n) is 8.86. The van der Waals surface area contributed by atoms with E-state index in [2.05, 4.69) is 35.1 Å². The lowest BCUT2D eigenvalue weighted by Crippen LogP contribution is -2.61. The molecule has 4 fully saturated rings. The summed E-state index contributed by atoms with van der Waals surface area (Å²) >= 11 is 0. The van der Waals surface area contributed by atoms with Gasteiger partial charge in [0.05, 0.1) is 12.1 Å². The lowest BCUT2D eigenvalue weighted by Gasteiger charge is -2.38. The van der Waals surface area contributed by atoms with E-state index >= 15 is 0 Å². The van der Waals surface area contributed by atoms with E-state index < -0.39 is 53.2 Å². The Bertz CT molecular complexity index is 1580. The second-order valence-electron chi connectivity index (χ2n) is 17.6. The number of amides is 6. The molecule has 4 N–H and O–H groups in total. The molecule has 5 aliphatic rings. The van der Waals surface area contributed by atoms with E-state index in [1.807, 2.05) is 52.0 Å². The van der Waals surface area contributed by atoms with Crippen molar-refractivity contribution in [3.05, 3.63) is 35.4 Å². The minimum Gasteiger partial charge on any atom is -0.347 e. The van der Waals surface area contributed by atoms with Gasteiger partial charge in [0.2, 0.25) is 17.6 Å². The predicted octanol–water partition coefficient (Wildman–Crippen LogP) is 3.92. The lowest BCUT2D eigenvalue weighted by atomic mass is 9.83. The van der Waals surface area contributed by atoms with Crippen LogP contribution in [0.1, 0.15) is 115 Å². The third-order valence-corrected chi connectivity index (χ3v) is 12.4. The normalized spacial score (nSPS) is 25.3. The average molecular weight is 719 g/mol. The van der Waals surface area contributed by atoms with Crippen molar-refractivity contribution in [3.63, 3.8) is 0 Å². The Morgan fingerprint density at radius 1 is 0.942 bits per heavy atom. The van der Waals surface area contributed by atoms with Crippen molar-refractivity contribution in [2.45, 2.75) is 136 Å². The highest BCUT2D eigenvalue weighted by Crippen LogP contribution is 2.65. The Hall–Kier alpha value is -3.96. The number of Topliss-reactive ketones (excluding diaryl/α,β-unsaturated/α-hetero) is 1. The molecule has 0 aromatic heterocycles. The number of benzene rings is 1. The van der Waals surface area contributed by atoms with Crippen molar-refractivity contribution < 1.29 is 28.8 Å². The monoisotopic (exact) mass is 718 g/mol. The first-order valence-electron chi connectivity index (χ1n) is 19.5. The molecule has 3 saturated carbocycles. The summed E-state index contributed by atoms with van der Waals surface area (Å²) < 4.78 is 0. The number of carbonyl (C=O) groups excluding carboxylic acids is 6. The molecule has 52 heavy (non-hydrogen) atoms. The number of rotatable bonds is 13. The highest BCUT2D eigenvalue weighted by Gasteiger charge is 2.69. The summed E-state index contributed by atoms with van der Waals surface area (Å²) in [6.45, 7) is 13.3. The van der Waals surface area contributed by atoms with Crippen molar-refractivity contribution >= 4 is 35.4 Å². The Morgan fingerprint density at radius 3 is 2.27 bits per heavy atom. The number of ketones is 1. The fourth-order valence-corrected chi connectivity index (χ4v) is 8.86. The van der Waals surface area contributed by atoms with Gasteiger partial charge in [-0.05, 0) is 72.3 Å². The van der Waals surface area contributed by atoms with Gasteiger partial charge in [-0.15, -0.1) is 0 Å². The Morgan fingerprint density at radius 2 is 1.63 bits per heavy atom. The van der Waals surface area contributed by atoms with Gasteiger partial charge in [0, 0.05) is 31.2 Å². The van der Waals surface area contributed by atoms with Crippen LogP contribution in [-0.4, -0.2) is 88.5 Å². The summed E-state index contributed by atoms with van der Waals surface area (Å²) in [7, 11) is 0. The zero-order chi connectivity index (χ0) is 37.5. The maximum atomic E-state index is 14.7. The molecule has 6 atom stereocenters. The second-order valence-corrected chi connectivity index (χ2v) is 17.6. The third kappa shape index (κ3) is 7.86. The Kier molecular flexibility index (Phi) is 10.8. The van der Waals surface area contributed by atoms with Crippen molar-refractivity contribution in [1.82, 2.24) is 31.1 Å². The van der Waals surface area contributed by atoms with Gasteiger partial charge in [0.15, 0.2) is 0 Å². The molecule has 2 aliphatic heterocycles. The van der Waals surface area contributed by atoms with Crippen LogP contribution in [0.15, 0.2) is 24.3 Å². The summed E-state index contributed by atoms with van der Waals surface area (Å²) in [5, 5.41) is 11.8. The van der Waals surface area contributed by atoms with Crippen LogP contribution in [0.4, 0.5) is 4.79 Å². The van der Waals surface area contributed by atoms with Crippen LogP contribution in [0.5, 0.6) is 0 Å². The number of piperidine rings is 1. The molecule has 12 heteroatoms. The molecule has 0 bridgehead atoms. The molecule has 12 nitrogen and oxygen atoms in total. The van der Waals surface area contributed by atoms with Gasteiger partial charge in [0.1, 0.15) is 12.1 Å². The highest BCUT2D eigenvalue weighted by molar-refractivity contribution is 6.38. The first-order chi connectivity index (χ1) is 24.6. The first kappa shape index (κ1) is 37.8. The number of urea groups is 1. The smallest absolute Gasteiger partial charge is 0.315 e. The summed E-state index contributed by atoms with van der Waals surface area (Å²) in [6, 6.07) is 4.06. The van der Waals surface area contributed by atoms with Gasteiger partial charge < -0.3 is 31.1 Å². The van der Waals surface area contributed by atoms with Gasteiger partial charge in [-0.25, -0.2) is 4.79 Å². The van der Waals surface area contributed by atoms with Gasteiger partial charge in [-0.3, -0.25) is 24.0 Å². The SMILES string of the molecule is CCCC(NC(=O)[C@@H]1[C@@H]2[C@H](CN1C(=O)[C@@H](NC(=O)N[C@H](CN1Cc3ccccc3C1=O)C(C)(C)C)C1CCCCC1)C2(C)C)C(=O)C(=O)NC1CC1. The molecule has 1 saturated heterocycles. The van der Waals surface area contributed by atoms with Crippen molar-refractivity contribution in [3.8, 4) is 0 Å². The largest absolute Gasteiger partial charge is 0.347 e. The van der Waals surface area contributed by atoms with E-state index in [-0.39, 0.29) is 41.0 Å². The van der Waals surface area contributed by atoms with Crippen LogP contribution in [0.3, 0.4) is 0 Å². The first-order valence-corrected chi connectivity index (χ1v) is 19.5. The molecule has 0 radical (unpaired) electrons. The minimum atomic E-state index is -0.975. The summed E-state index contributed by atoms with van der Waals surface area (Å²) in [5.41, 5.74) is 1.08. The third-order valence-electron chi connectivity index (χ3n) is 12.4. The molecule has 6 amide bonds. The van der Waals surface area contributed by atoms with E-state index in [1.54, 1.807) is 9.80 Å². The molecule has 2 heterocycles. The van der Waals surface area contributed by atoms with E-state index in [0.717, 1.165) is 50.5 Å². The quantitative estimate of drug-likeness (QED) is 0.227. The number of nitrogens with zero attached hydrogens (tertiary/aromatic N) is 2. The van der Waals surface area contributed by atoms with Gasteiger partial charge >= 0.3 is 6.03 Å². The Labute approximate surface area is 307 Å². The molecule has 6 rings (SSSR count). The number of fused-ring (bicyclic) bond motifs is 2. The van der Waals surface area contributed by atoms with Crippen LogP contribution >= 0.6 is 0 Å². The van der Waals surface area contributed by atoms with E-state index in [4.69, 9.17) is 0 Å². The molecular weight excluding hydrogens is 660 g/mol. The standard InChI is InChI=1S/C40H58N6O6/c1-7-13-28(33(47)35(49)41-25-18-19-25)42-34(48)32-30-27(40(30,5)6)21-46(32)37(51)31(23-14-9-8-10-15-23)44-38(52)43-29(39(2,3)4)22-45-20-24-16-11-12-17-26(24)36(45)50/h11-12,16-17,23,25,27-32H,7-10,13-15,18-22H2,1-6H3,(H,41,49)(H,42,48)(H2,43,44,52)/t27-,28?,29+,30-,31-,32-/m0/s1. The van der Waals surface area contributed by atoms with Crippen molar-refractivity contribution in [2.24, 2.45) is 28.6 Å². The number of hydrogen-bond acceptors (Lipinski definition) is 6. The second kappa shape index (κ2) is 14.8. The summed E-state index contributed by atoms with van der Waals surface area (Å²) in [6.07, 6.45) is 7.14. The summed E-state index contributed by atoms with van der Waals surface area (Å²) in [4.78, 5) is 85.3. The predicted molar refractivity (Wildman–Crippen MR) is 196 cm³/mol. The number of carbonyl (C=O) groups is 6. The van der Waals surface area contributed by atoms with Crippen LogP contribution in [0.2, 0.25) is 0 Å². The Balaban J connectivity index is 1.18. The van der Waals surface area contributed by atoms with Crippen LogP contribution in [0.25, 0.3) is 0 Å². The zero-order valence-electron chi connectivity index (χ0n) is 31.8. The molecule has 3 aliphatic carbocycles. The topological polar surface area (TPSA) is 157 Å². The molecule has 1 unspecified atom stereocenters. The van der Waals surface area contributed by atoms with E-state index in [0.29, 0.717) is 38.0 Å². The molecule has 1 aromatic carbocycles. The van der Waals surface area contributed by atoms with Gasteiger partial charge in [-0.2, -0.15) is 0 Å². The molecule has 1 aromatic rings.